The molecule has 0 unspecified atom stereocenters. The molecule has 0 aliphatic rings. The maximum absolute atomic E-state index is 13.5. The SMILES string of the molecule is CCc1cnc(CNC(=NC)NCCc2cc(F)ccc2F)s1.I. The number of hydrogen-bond acceptors (Lipinski definition) is 3. The molecule has 0 saturated heterocycles. The minimum absolute atomic E-state index is 0. The Balaban J connectivity index is 0.00000288. The molecular weight excluding hydrogens is 445 g/mol. The van der Waals surface area contributed by atoms with Gasteiger partial charge < -0.3 is 10.6 Å². The highest BCUT2D eigenvalue weighted by Crippen LogP contribution is 2.13. The molecule has 4 nitrogen and oxygen atoms in total. The van der Waals surface area contributed by atoms with Gasteiger partial charge in [0.15, 0.2) is 5.96 Å². The first-order valence-corrected chi connectivity index (χ1v) is 8.26. The molecule has 0 amide bonds. The number of nitrogens with zero attached hydrogens (tertiary/aromatic N) is 2. The van der Waals surface area contributed by atoms with E-state index in [1.165, 1.54) is 10.9 Å². The van der Waals surface area contributed by atoms with Gasteiger partial charge in [0, 0.05) is 24.7 Å². The third-order valence-electron chi connectivity index (χ3n) is 3.28. The van der Waals surface area contributed by atoms with Gasteiger partial charge in [-0.15, -0.1) is 35.3 Å². The van der Waals surface area contributed by atoms with Crippen LogP contribution in [0.25, 0.3) is 0 Å². The lowest BCUT2D eigenvalue weighted by atomic mass is 10.1. The summed E-state index contributed by atoms with van der Waals surface area (Å²) in [5.41, 5.74) is 0.348. The van der Waals surface area contributed by atoms with Crippen molar-refractivity contribution in [2.75, 3.05) is 13.6 Å². The van der Waals surface area contributed by atoms with E-state index >= 15 is 0 Å². The highest BCUT2D eigenvalue weighted by atomic mass is 127. The lowest BCUT2D eigenvalue weighted by Gasteiger charge is -2.11. The largest absolute Gasteiger partial charge is 0.356 e. The number of rotatable bonds is 6. The average molecular weight is 466 g/mol. The normalized spacial score (nSPS) is 11.1. The summed E-state index contributed by atoms with van der Waals surface area (Å²) < 4.78 is 26.6. The van der Waals surface area contributed by atoms with Crippen LogP contribution in [0.5, 0.6) is 0 Å². The number of benzene rings is 1. The van der Waals surface area contributed by atoms with Crippen molar-refractivity contribution in [2.45, 2.75) is 26.3 Å². The molecular formula is C16H21F2IN4S. The van der Waals surface area contributed by atoms with Crippen molar-refractivity contribution in [2.24, 2.45) is 4.99 Å². The number of aliphatic imine (C=N–C) groups is 1. The first-order valence-electron chi connectivity index (χ1n) is 7.44. The average Bonchev–Trinajstić information content (AvgIpc) is 3.02. The van der Waals surface area contributed by atoms with Crippen LogP contribution in [-0.2, 0) is 19.4 Å². The predicted octanol–water partition coefficient (Wildman–Crippen LogP) is 3.51. The second-order valence-electron chi connectivity index (χ2n) is 4.91. The molecule has 0 radical (unpaired) electrons. The van der Waals surface area contributed by atoms with Crippen molar-refractivity contribution in [1.29, 1.82) is 0 Å². The van der Waals surface area contributed by atoms with E-state index < -0.39 is 11.6 Å². The Morgan fingerprint density at radius 1 is 1.29 bits per heavy atom. The van der Waals surface area contributed by atoms with E-state index in [1.54, 1.807) is 18.4 Å². The van der Waals surface area contributed by atoms with Gasteiger partial charge in [-0.1, -0.05) is 6.92 Å². The number of thiazole rings is 1. The predicted molar refractivity (Wildman–Crippen MR) is 105 cm³/mol. The molecule has 0 spiro atoms. The molecule has 2 rings (SSSR count). The van der Waals surface area contributed by atoms with E-state index in [4.69, 9.17) is 0 Å². The fourth-order valence-electron chi connectivity index (χ4n) is 2.02. The van der Waals surface area contributed by atoms with Crippen LogP contribution >= 0.6 is 35.3 Å². The number of hydrogen-bond donors (Lipinski definition) is 2. The second-order valence-corrected chi connectivity index (χ2v) is 6.11. The third-order valence-corrected chi connectivity index (χ3v) is 4.42. The number of guanidine groups is 1. The van der Waals surface area contributed by atoms with Crippen molar-refractivity contribution in [1.82, 2.24) is 15.6 Å². The van der Waals surface area contributed by atoms with E-state index in [0.29, 0.717) is 31.0 Å². The Morgan fingerprint density at radius 3 is 2.75 bits per heavy atom. The highest BCUT2D eigenvalue weighted by Gasteiger charge is 2.05. The molecule has 0 fully saturated rings. The highest BCUT2D eigenvalue weighted by molar-refractivity contribution is 14.0. The van der Waals surface area contributed by atoms with Crippen LogP contribution in [0.1, 0.15) is 22.4 Å². The summed E-state index contributed by atoms with van der Waals surface area (Å²) >= 11 is 1.66. The van der Waals surface area contributed by atoms with Crippen LogP contribution in [0, 0.1) is 11.6 Å². The molecule has 132 valence electrons. The Kier molecular flexibility index (Phi) is 9.12. The molecule has 8 heteroatoms. The van der Waals surface area contributed by atoms with Gasteiger partial charge in [-0.05, 0) is 36.6 Å². The van der Waals surface area contributed by atoms with Crippen LogP contribution in [0.15, 0.2) is 29.4 Å². The zero-order valence-electron chi connectivity index (χ0n) is 13.6. The van der Waals surface area contributed by atoms with Gasteiger partial charge in [-0.3, -0.25) is 4.99 Å². The molecule has 1 aromatic carbocycles. The Bertz CT molecular complexity index is 676. The van der Waals surface area contributed by atoms with Gasteiger partial charge >= 0.3 is 0 Å². The van der Waals surface area contributed by atoms with Gasteiger partial charge in [0.05, 0.1) is 6.54 Å². The molecule has 0 atom stereocenters. The Labute approximate surface area is 161 Å². The lowest BCUT2D eigenvalue weighted by Crippen LogP contribution is -2.37. The summed E-state index contributed by atoms with van der Waals surface area (Å²) in [7, 11) is 1.66. The van der Waals surface area contributed by atoms with Crippen molar-refractivity contribution < 1.29 is 8.78 Å². The fourth-order valence-corrected chi connectivity index (χ4v) is 2.83. The van der Waals surface area contributed by atoms with Gasteiger partial charge in [0.1, 0.15) is 16.6 Å². The smallest absolute Gasteiger partial charge is 0.191 e. The van der Waals surface area contributed by atoms with Gasteiger partial charge in [-0.25, -0.2) is 13.8 Å². The van der Waals surface area contributed by atoms with E-state index in [1.807, 2.05) is 6.20 Å². The summed E-state index contributed by atoms with van der Waals surface area (Å²) in [5.74, 6) is -0.222. The third kappa shape index (κ3) is 6.31. The quantitative estimate of drug-likeness (QED) is 0.389. The van der Waals surface area contributed by atoms with E-state index in [0.717, 1.165) is 23.6 Å². The zero-order chi connectivity index (χ0) is 16.7. The fraction of sp³-hybridized carbons (Fsp3) is 0.375. The van der Waals surface area contributed by atoms with Crippen LogP contribution in [-0.4, -0.2) is 24.5 Å². The van der Waals surface area contributed by atoms with Crippen LogP contribution in [0.4, 0.5) is 8.78 Å². The molecule has 1 heterocycles. The summed E-state index contributed by atoms with van der Waals surface area (Å²) in [6.07, 6.45) is 3.23. The Hall–Kier alpha value is -1.29. The van der Waals surface area contributed by atoms with E-state index in [2.05, 4.69) is 27.5 Å². The van der Waals surface area contributed by atoms with Gasteiger partial charge in [0.2, 0.25) is 0 Å². The van der Waals surface area contributed by atoms with Crippen molar-refractivity contribution in [3.05, 3.63) is 51.5 Å². The summed E-state index contributed by atoms with van der Waals surface area (Å²) in [6, 6.07) is 3.48. The van der Waals surface area contributed by atoms with Gasteiger partial charge in [-0.2, -0.15) is 0 Å². The maximum Gasteiger partial charge on any atom is 0.191 e. The molecule has 0 saturated carbocycles. The molecule has 0 bridgehead atoms. The number of halogens is 3. The first-order chi connectivity index (χ1) is 11.1. The first kappa shape index (κ1) is 20.8. The topological polar surface area (TPSA) is 49.3 Å². The summed E-state index contributed by atoms with van der Waals surface area (Å²) in [4.78, 5) is 9.67. The number of aryl methyl sites for hydroxylation is 1. The molecule has 2 aromatic rings. The lowest BCUT2D eigenvalue weighted by molar-refractivity contribution is 0.583. The second kappa shape index (κ2) is 10.5. The molecule has 2 N–H and O–H groups in total. The number of nitrogens with one attached hydrogen (secondary N) is 2. The van der Waals surface area contributed by atoms with Crippen molar-refractivity contribution in [3.63, 3.8) is 0 Å². The zero-order valence-corrected chi connectivity index (χ0v) is 16.8. The molecule has 24 heavy (non-hydrogen) atoms. The maximum atomic E-state index is 13.5. The summed E-state index contributed by atoms with van der Waals surface area (Å²) in [6.45, 7) is 3.13. The standard InChI is InChI=1S/C16H20F2N4S.HI/c1-3-13-9-21-15(23-13)10-22-16(19-2)20-7-6-11-8-12(17)4-5-14(11)18;/h4-5,8-9H,3,6-7,10H2,1-2H3,(H2,19,20,22);1H. The summed E-state index contributed by atoms with van der Waals surface area (Å²) in [5, 5.41) is 7.22. The number of aromatic nitrogens is 1. The van der Waals surface area contributed by atoms with Crippen LogP contribution in [0.2, 0.25) is 0 Å². The van der Waals surface area contributed by atoms with E-state index in [-0.39, 0.29) is 24.0 Å². The minimum atomic E-state index is -0.431. The monoisotopic (exact) mass is 466 g/mol. The van der Waals surface area contributed by atoms with Crippen molar-refractivity contribution >= 4 is 41.3 Å². The van der Waals surface area contributed by atoms with Gasteiger partial charge in [0.25, 0.3) is 0 Å². The molecule has 0 aliphatic carbocycles. The van der Waals surface area contributed by atoms with Crippen LogP contribution in [0.3, 0.4) is 0 Å². The Morgan fingerprint density at radius 2 is 2.08 bits per heavy atom. The van der Waals surface area contributed by atoms with Crippen LogP contribution < -0.4 is 10.6 Å². The molecule has 0 aliphatic heterocycles. The van der Waals surface area contributed by atoms with Crippen molar-refractivity contribution in [3.8, 4) is 0 Å². The molecule has 1 aromatic heterocycles. The minimum Gasteiger partial charge on any atom is -0.356 e. The van der Waals surface area contributed by atoms with E-state index in [9.17, 15) is 8.78 Å².